The van der Waals surface area contributed by atoms with Gasteiger partial charge in [0.25, 0.3) is 11.6 Å². The lowest BCUT2D eigenvalue weighted by Crippen LogP contribution is -2.27. The van der Waals surface area contributed by atoms with Crippen molar-refractivity contribution < 1.29 is 18.5 Å². The summed E-state index contributed by atoms with van der Waals surface area (Å²) in [5.74, 6) is -2.25. The lowest BCUT2D eigenvalue weighted by molar-refractivity contribution is -0.385. The predicted molar refractivity (Wildman–Crippen MR) is 83.0 cm³/mol. The number of hydrogen-bond acceptors (Lipinski definition) is 3. The van der Waals surface area contributed by atoms with Crippen LogP contribution in [0.3, 0.4) is 0 Å². The van der Waals surface area contributed by atoms with E-state index < -0.39 is 28.5 Å². The third-order valence-corrected chi connectivity index (χ3v) is 3.67. The number of amides is 1. The highest BCUT2D eigenvalue weighted by Crippen LogP contribution is 2.25. The van der Waals surface area contributed by atoms with Gasteiger partial charge in [-0.25, -0.2) is 8.78 Å². The molecule has 0 aromatic heterocycles. The van der Waals surface area contributed by atoms with E-state index in [0.717, 1.165) is 6.07 Å². The minimum atomic E-state index is -0.803. The van der Waals surface area contributed by atoms with Gasteiger partial charge < -0.3 is 5.32 Å². The van der Waals surface area contributed by atoms with Gasteiger partial charge in [-0.05, 0) is 25.1 Å². The van der Waals surface area contributed by atoms with Gasteiger partial charge in [0.05, 0.1) is 11.0 Å². The predicted octanol–water partition coefficient (Wildman–Crippen LogP) is 4.13. The molecule has 120 valence electrons. The molecular formula is C15H11BrF2N2O3. The van der Waals surface area contributed by atoms with E-state index in [4.69, 9.17) is 0 Å². The highest BCUT2D eigenvalue weighted by atomic mass is 79.9. The van der Waals surface area contributed by atoms with Gasteiger partial charge in [-0.15, -0.1) is 0 Å². The summed E-state index contributed by atoms with van der Waals surface area (Å²) >= 11 is 3.10. The average Bonchev–Trinajstić information content (AvgIpc) is 2.46. The maximum atomic E-state index is 13.7. The lowest BCUT2D eigenvalue weighted by atomic mass is 10.1. The van der Waals surface area contributed by atoms with Crippen molar-refractivity contribution in [2.45, 2.75) is 13.0 Å². The monoisotopic (exact) mass is 384 g/mol. The molecule has 1 amide bonds. The van der Waals surface area contributed by atoms with Gasteiger partial charge in [0.15, 0.2) is 0 Å². The van der Waals surface area contributed by atoms with Crippen molar-refractivity contribution in [3.8, 4) is 0 Å². The van der Waals surface area contributed by atoms with Crippen LogP contribution in [0.1, 0.15) is 28.9 Å². The Morgan fingerprint density at radius 2 is 1.96 bits per heavy atom. The molecule has 8 heteroatoms. The van der Waals surface area contributed by atoms with Gasteiger partial charge >= 0.3 is 0 Å². The first-order valence-corrected chi connectivity index (χ1v) is 7.28. The summed E-state index contributed by atoms with van der Waals surface area (Å²) < 4.78 is 27.1. The maximum absolute atomic E-state index is 13.7. The lowest BCUT2D eigenvalue weighted by Gasteiger charge is -2.15. The first-order valence-electron chi connectivity index (χ1n) is 6.49. The van der Waals surface area contributed by atoms with Gasteiger partial charge in [0.1, 0.15) is 17.2 Å². The van der Waals surface area contributed by atoms with Gasteiger partial charge in [-0.3, -0.25) is 14.9 Å². The second-order valence-corrected chi connectivity index (χ2v) is 5.70. The number of nitrogens with one attached hydrogen (secondary N) is 1. The summed E-state index contributed by atoms with van der Waals surface area (Å²) in [7, 11) is 0. The molecule has 0 aliphatic carbocycles. The highest BCUT2D eigenvalue weighted by Gasteiger charge is 2.22. The van der Waals surface area contributed by atoms with E-state index in [1.54, 1.807) is 0 Å². The van der Waals surface area contributed by atoms with Crippen molar-refractivity contribution in [1.29, 1.82) is 0 Å². The second-order valence-electron chi connectivity index (χ2n) is 4.78. The molecule has 0 bridgehead atoms. The zero-order valence-electron chi connectivity index (χ0n) is 11.8. The fourth-order valence-corrected chi connectivity index (χ4v) is 2.40. The molecule has 0 saturated carbocycles. The molecule has 0 spiro atoms. The minimum absolute atomic E-state index is 0.0829. The Balaban J connectivity index is 2.27. The Labute approximate surface area is 138 Å². The van der Waals surface area contributed by atoms with Crippen LogP contribution in [0.15, 0.2) is 40.9 Å². The fourth-order valence-electron chi connectivity index (χ4n) is 2.05. The Hall–Kier alpha value is -2.35. The van der Waals surface area contributed by atoms with Crippen LogP contribution in [-0.4, -0.2) is 10.8 Å². The molecule has 1 atom stereocenters. The smallest absolute Gasteiger partial charge is 0.283 e. The van der Waals surface area contributed by atoms with Crippen LogP contribution >= 0.6 is 15.9 Å². The van der Waals surface area contributed by atoms with Crippen molar-refractivity contribution >= 4 is 27.5 Å². The van der Waals surface area contributed by atoms with Gasteiger partial charge in [-0.1, -0.05) is 22.0 Å². The summed E-state index contributed by atoms with van der Waals surface area (Å²) in [5.41, 5.74) is -0.435. The zero-order chi connectivity index (χ0) is 17.1. The van der Waals surface area contributed by atoms with Crippen LogP contribution in [-0.2, 0) is 0 Å². The summed E-state index contributed by atoms with van der Waals surface area (Å²) in [6, 6.07) is 6.20. The van der Waals surface area contributed by atoms with Gasteiger partial charge in [-0.2, -0.15) is 0 Å². The maximum Gasteiger partial charge on any atom is 0.283 e. The molecule has 0 aliphatic heterocycles. The standard InChI is InChI=1S/C15H11BrF2N2O3/c1-8(11-5-3-10(17)7-13(11)18)19-15(21)12-4-2-9(16)6-14(12)20(22)23/h2-8H,1H3,(H,19,21). The average molecular weight is 385 g/mol. The molecular weight excluding hydrogens is 374 g/mol. The molecule has 0 fully saturated rings. The molecule has 0 saturated heterocycles. The van der Waals surface area contributed by atoms with E-state index in [0.29, 0.717) is 10.5 Å². The topological polar surface area (TPSA) is 72.2 Å². The molecule has 5 nitrogen and oxygen atoms in total. The number of rotatable bonds is 4. The fraction of sp³-hybridized carbons (Fsp3) is 0.133. The summed E-state index contributed by atoms with van der Waals surface area (Å²) in [6.07, 6.45) is 0. The van der Waals surface area contributed by atoms with Crippen molar-refractivity contribution in [3.63, 3.8) is 0 Å². The Bertz CT molecular complexity index is 783. The Kier molecular flexibility index (Phi) is 5.05. The SMILES string of the molecule is CC(NC(=O)c1ccc(Br)cc1[N+](=O)[O-])c1ccc(F)cc1F. The molecule has 0 heterocycles. The third kappa shape index (κ3) is 3.89. The van der Waals surface area contributed by atoms with Crippen molar-refractivity contribution in [3.05, 3.63) is 73.7 Å². The quantitative estimate of drug-likeness (QED) is 0.636. The summed E-state index contributed by atoms with van der Waals surface area (Å²) in [6.45, 7) is 1.50. The van der Waals surface area contributed by atoms with Crippen LogP contribution < -0.4 is 5.32 Å². The summed E-state index contributed by atoms with van der Waals surface area (Å²) in [4.78, 5) is 22.6. The van der Waals surface area contributed by atoms with E-state index in [1.807, 2.05) is 0 Å². The minimum Gasteiger partial charge on any atom is -0.345 e. The van der Waals surface area contributed by atoms with Gasteiger partial charge in [0, 0.05) is 22.2 Å². The largest absolute Gasteiger partial charge is 0.345 e. The number of nitro groups is 1. The van der Waals surface area contributed by atoms with Crippen LogP contribution in [0.5, 0.6) is 0 Å². The van der Waals surface area contributed by atoms with E-state index in [2.05, 4.69) is 21.2 Å². The first-order chi connectivity index (χ1) is 10.8. The molecule has 2 aromatic carbocycles. The molecule has 1 unspecified atom stereocenters. The van der Waals surface area contributed by atoms with Crippen LogP contribution in [0.4, 0.5) is 14.5 Å². The third-order valence-electron chi connectivity index (χ3n) is 3.18. The van der Waals surface area contributed by atoms with E-state index in [-0.39, 0.29) is 16.8 Å². The molecule has 2 rings (SSSR count). The normalized spacial score (nSPS) is 11.8. The van der Waals surface area contributed by atoms with E-state index >= 15 is 0 Å². The van der Waals surface area contributed by atoms with Crippen LogP contribution in [0.2, 0.25) is 0 Å². The molecule has 0 radical (unpaired) electrons. The summed E-state index contributed by atoms with van der Waals surface area (Å²) in [5, 5.41) is 13.5. The highest BCUT2D eigenvalue weighted by molar-refractivity contribution is 9.10. The number of nitro benzene ring substituents is 1. The molecule has 0 aliphatic rings. The van der Waals surface area contributed by atoms with Crippen LogP contribution in [0.25, 0.3) is 0 Å². The molecule has 1 N–H and O–H groups in total. The Morgan fingerprint density at radius 3 is 2.57 bits per heavy atom. The number of benzene rings is 2. The van der Waals surface area contributed by atoms with Crippen molar-refractivity contribution in [1.82, 2.24) is 5.32 Å². The zero-order valence-corrected chi connectivity index (χ0v) is 13.4. The molecule has 23 heavy (non-hydrogen) atoms. The van der Waals surface area contributed by atoms with Crippen molar-refractivity contribution in [2.24, 2.45) is 0 Å². The number of carbonyl (C=O) groups is 1. The number of hydrogen-bond donors (Lipinski definition) is 1. The van der Waals surface area contributed by atoms with Crippen molar-refractivity contribution in [2.75, 3.05) is 0 Å². The first kappa shape index (κ1) is 17.0. The second kappa shape index (κ2) is 6.82. The molecule has 2 aromatic rings. The number of carbonyl (C=O) groups excluding carboxylic acids is 1. The van der Waals surface area contributed by atoms with E-state index in [1.165, 1.54) is 31.2 Å². The number of halogens is 3. The van der Waals surface area contributed by atoms with Crippen LogP contribution in [0, 0.1) is 21.7 Å². The Morgan fingerprint density at radius 1 is 1.26 bits per heavy atom. The van der Waals surface area contributed by atoms with Gasteiger partial charge in [0.2, 0.25) is 0 Å². The van der Waals surface area contributed by atoms with E-state index in [9.17, 15) is 23.7 Å². The number of nitrogens with zero attached hydrogens (tertiary/aromatic N) is 1.